The third-order valence-electron chi connectivity index (χ3n) is 7.68. The van der Waals surface area contributed by atoms with Gasteiger partial charge in [0, 0.05) is 47.7 Å². The van der Waals surface area contributed by atoms with E-state index in [4.69, 9.17) is 0 Å². The van der Waals surface area contributed by atoms with Crippen molar-refractivity contribution in [2.75, 3.05) is 6.54 Å². The summed E-state index contributed by atoms with van der Waals surface area (Å²) in [6, 6.07) is 27.4. The maximum Gasteiger partial charge on any atom is 0.224 e. The van der Waals surface area contributed by atoms with Crippen LogP contribution in [0.4, 0.5) is 0 Å². The smallest absolute Gasteiger partial charge is 0.224 e. The lowest BCUT2D eigenvalue weighted by atomic mass is 10.0. The standard InChI is InChI=1S/C35H38N4O3/c1-23(36-22-33(41)29-14-16-34(37-21-29)39-24(2)11-12-25(39)3)17-26-7-6-8-27(18-26)19-35(42)38-20-28-13-15-32(40)31-10-5-4-9-30(28)31/h4-16,18,21,23,33,36,40-41H,17,19-20,22H2,1-3H3,(H,38,42)/t23-,33-/m1/s1. The third-order valence-corrected chi connectivity index (χ3v) is 7.68. The van der Waals surface area contributed by atoms with Crippen LogP contribution in [0.5, 0.6) is 5.75 Å². The number of aliphatic hydroxyl groups is 1. The van der Waals surface area contributed by atoms with Gasteiger partial charge in [-0.3, -0.25) is 4.79 Å². The van der Waals surface area contributed by atoms with Crippen molar-refractivity contribution in [1.29, 1.82) is 0 Å². The van der Waals surface area contributed by atoms with Gasteiger partial charge in [-0.2, -0.15) is 0 Å². The van der Waals surface area contributed by atoms with Crippen LogP contribution in [0.2, 0.25) is 0 Å². The molecule has 4 N–H and O–H groups in total. The van der Waals surface area contributed by atoms with Gasteiger partial charge in [0.2, 0.25) is 5.91 Å². The van der Waals surface area contributed by atoms with Crippen molar-refractivity contribution in [2.45, 2.75) is 52.3 Å². The number of fused-ring (bicyclic) bond motifs is 1. The second kappa shape index (κ2) is 13.0. The molecule has 0 saturated carbocycles. The first-order valence-electron chi connectivity index (χ1n) is 14.4. The Morgan fingerprint density at radius 2 is 1.64 bits per heavy atom. The molecule has 0 spiro atoms. The second-order valence-corrected chi connectivity index (χ2v) is 11.0. The van der Waals surface area contributed by atoms with Crippen molar-refractivity contribution < 1.29 is 15.0 Å². The van der Waals surface area contributed by atoms with Gasteiger partial charge >= 0.3 is 0 Å². The number of amides is 1. The summed E-state index contributed by atoms with van der Waals surface area (Å²) in [7, 11) is 0. The summed E-state index contributed by atoms with van der Waals surface area (Å²) < 4.78 is 2.09. The van der Waals surface area contributed by atoms with Crippen LogP contribution in [0.3, 0.4) is 0 Å². The predicted molar refractivity (Wildman–Crippen MR) is 167 cm³/mol. The van der Waals surface area contributed by atoms with Gasteiger partial charge < -0.3 is 25.4 Å². The molecule has 2 heterocycles. The minimum atomic E-state index is -0.665. The van der Waals surface area contributed by atoms with Gasteiger partial charge in [0.25, 0.3) is 0 Å². The largest absolute Gasteiger partial charge is 0.507 e. The Hall–Kier alpha value is -4.46. The van der Waals surface area contributed by atoms with E-state index >= 15 is 0 Å². The average Bonchev–Trinajstić information content (AvgIpc) is 3.33. The molecule has 0 unspecified atom stereocenters. The molecule has 0 fully saturated rings. The Balaban J connectivity index is 1.11. The van der Waals surface area contributed by atoms with Gasteiger partial charge in [-0.1, -0.05) is 60.7 Å². The van der Waals surface area contributed by atoms with Crippen LogP contribution in [-0.4, -0.2) is 38.3 Å². The zero-order chi connectivity index (χ0) is 29.6. The zero-order valence-corrected chi connectivity index (χ0v) is 24.3. The van der Waals surface area contributed by atoms with Crippen LogP contribution in [0.1, 0.15) is 46.7 Å². The van der Waals surface area contributed by atoms with E-state index < -0.39 is 6.10 Å². The minimum Gasteiger partial charge on any atom is -0.507 e. The first-order chi connectivity index (χ1) is 20.3. The van der Waals surface area contributed by atoms with E-state index in [1.54, 1.807) is 12.3 Å². The molecular formula is C35H38N4O3. The fourth-order valence-corrected chi connectivity index (χ4v) is 5.42. The van der Waals surface area contributed by atoms with Crippen molar-refractivity contribution in [3.05, 3.63) is 125 Å². The molecule has 2 atom stereocenters. The maximum absolute atomic E-state index is 12.7. The molecule has 1 amide bonds. The Morgan fingerprint density at radius 1 is 0.905 bits per heavy atom. The summed E-state index contributed by atoms with van der Waals surface area (Å²) in [5.41, 5.74) is 6.06. The molecule has 216 valence electrons. The molecule has 5 aromatic rings. The van der Waals surface area contributed by atoms with E-state index in [2.05, 4.69) is 51.4 Å². The molecule has 3 aromatic carbocycles. The Labute approximate surface area is 246 Å². The van der Waals surface area contributed by atoms with Crippen molar-refractivity contribution in [2.24, 2.45) is 0 Å². The normalized spacial score (nSPS) is 12.8. The summed E-state index contributed by atoms with van der Waals surface area (Å²) in [6.45, 7) is 7.00. The number of rotatable bonds is 11. The summed E-state index contributed by atoms with van der Waals surface area (Å²) in [5, 5.41) is 29.0. The van der Waals surface area contributed by atoms with E-state index in [9.17, 15) is 15.0 Å². The van der Waals surface area contributed by atoms with Gasteiger partial charge in [-0.15, -0.1) is 0 Å². The molecule has 2 aromatic heterocycles. The Morgan fingerprint density at radius 3 is 2.38 bits per heavy atom. The lowest BCUT2D eigenvalue weighted by Gasteiger charge is -2.18. The highest BCUT2D eigenvalue weighted by atomic mass is 16.3. The number of hydrogen-bond acceptors (Lipinski definition) is 5. The molecule has 7 heteroatoms. The van der Waals surface area contributed by atoms with E-state index in [-0.39, 0.29) is 24.1 Å². The predicted octanol–water partition coefficient (Wildman–Crippen LogP) is 5.46. The second-order valence-electron chi connectivity index (χ2n) is 11.0. The Kier molecular flexibility index (Phi) is 9.00. The molecule has 0 aliphatic rings. The van der Waals surface area contributed by atoms with Crippen molar-refractivity contribution >= 4 is 16.7 Å². The number of hydrogen-bond donors (Lipinski definition) is 4. The monoisotopic (exact) mass is 562 g/mol. The fourth-order valence-electron chi connectivity index (χ4n) is 5.42. The molecule has 7 nitrogen and oxygen atoms in total. The molecule has 0 radical (unpaired) electrons. The number of phenolic OH excluding ortho intramolecular Hbond substituents is 1. The Bertz CT molecular complexity index is 1660. The van der Waals surface area contributed by atoms with Gasteiger partial charge in [0.05, 0.1) is 12.5 Å². The number of nitrogens with one attached hydrogen (secondary N) is 2. The van der Waals surface area contributed by atoms with Gasteiger partial charge in [-0.05, 0) is 73.5 Å². The average molecular weight is 563 g/mol. The number of aromatic hydroxyl groups is 1. The number of benzene rings is 3. The van der Waals surface area contributed by atoms with E-state index in [0.717, 1.165) is 56.7 Å². The number of carbonyl (C=O) groups is 1. The number of aryl methyl sites for hydroxylation is 2. The van der Waals surface area contributed by atoms with Crippen LogP contribution >= 0.6 is 0 Å². The third kappa shape index (κ3) is 6.87. The lowest BCUT2D eigenvalue weighted by molar-refractivity contribution is -0.120. The van der Waals surface area contributed by atoms with Gasteiger partial charge in [0.1, 0.15) is 11.6 Å². The van der Waals surface area contributed by atoms with Crippen molar-refractivity contribution in [3.8, 4) is 11.6 Å². The van der Waals surface area contributed by atoms with Crippen LogP contribution in [0.25, 0.3) is 16.6 Å². The van der Waals surface area contributed by atoms with E-state index in [1.165, 1.54) is 0 Å². The number of pyridine rings is 1. The van der Waals surface area contributed by atoms with Crippen molar-refractivity contribution in [3.63, 3.8) is 0 Å². The van der Waals surface area contributed by atoms with Gasteiger partial charge in [-0.25, -0.2) is 4.98 Å². The van der Waals surface area contributed by atoms with Crippen LogP contribution < -0.4 is 10.6 Å². The van der Waals surface area contributed by atoms with E-state index in [0.29, 0.717) is 13.1 Å². The van der Waals surface area contributed by atoms with Crippen LogP contribution in [0.15, 0.2) is 91.1 Å². The fraction of sp³-hybridized carbons (Fsp3) is 0.257. The summed E-state index contributed by atoms with van der Waals surface area (Å²) >= 11 is 0. The minimum absolute atomic E-state index is 0.0553. The quantitative estimate of drug-likeness (QED) is 0.171. The molecule has 0 bridgehead atoms. The topological polar surface area (TPSA) is 99.4 Å². The first-order valence-corrected chi connectivity index (χ1v) is 14.4. The molecule has 0 aliphatic carbocycles. The zero-order valence-electron chi connectivity index (χ0n) is 24.3. The number of nitrogens with zero attached hydrogens (tertiary/aromatic N) is 2. The number of aliphatic hydroxyl groups excluding tert-OH is 1. The van der Waals surface area contributed by atoms with Gasteiger partial charge in [0.15, 0.2) is 0 Å². The SMILES string of the molecule is Cc1ccc(C)n1-c1ccc([C@H](O)CN[C@H](C)Cc2cccc(CC(=O)NCc3ccc(O)c4ccccc34)c2)cn1. The first kappa shape index (κ1) is 29.0. The highest BCUT2D eigenvalue weighted by molar-refractivity contribution is 5.91. The molecule has 0 aliphatic heterocycles. The summed E-state index contributed by atoms with van der Waals surface area (Å²) in [4.78, 5) is 17.3. The number of phenols is 1. The highest BCUT2D eigenvalue weighted by Crippen LogP contribution is 2.27. The summed E-state index contributed by atoms with van der Waals surface area (Å²) in [5.74, 6) is 1.02. The molecule has 42 heavy (non-hydrogen) atoms. The molecule has 0 saturated heterocycles. The van der Waals surface area contributed by atoms with Crippen LogP contribution in [0, 0.1) is 13.8 Å². The molecular weight excluding hydrogens is 524 g/mol. The van der Waals surface area contributed by atoms with E-state index in [1.807, 2.05) is 68.4 Å². The number of carbonyl (C=O) groups excluding carboxylic acids is 1. The van der Waals surface area contributed by atoms with Crippen LogP contribution in [-0.2, 0) is 24.2 Å². The van der Waals surface area contributed by atoms with Crippen molar-refractivity contribution in [1.82, 2.24) is 20.2 Å². The highest BCUT2D eigenvalue weighted by Gasteiger charge is 2.13. The maximum atomic E-state index is 12.7. The lowest BCUT2D eigenvalue weighted by Crippen LogP contribution is -2.32. The summed E-state index contributed by atoms with van der Waals surface area (Å²) in [6.07, 6.45) is 2.13. The number of aromatic nitrogens is 2. The molecule has 5 rings (SSSR count).